The summed E-state index contributed by atoms with van der Waals surface area (Å²) in [6.45, 7) is 4.66. The molecule has 1 heterocycles. The van der Waals surface area contributed by atoms with E-state index in [-0.39, 0.29) is 26.2 Å². The molecule has 1 aliphatic carbocycles. The maximum atomic E-state index is 4.83. The Balaban J connectivity index is 0.000000615. The molecule has 0 fully saturated rings. The molecule has 1 atom stereocenters. The first-order valence-electron chi connectivity index (χ1n) is 7.15. The fraction of sp³-hybridized carbons (Fsp3) is 0.263. The van der Waals surface area contributed by atoms with Crippen molar-refractivity contribution in [2.75, 3.05) is 0 Å². The predicted molar refractivity (Wildman–Crippen MR) is 98.1 cm³/mol. The van der Waals surface area contributed by atoms with E-state index in [0.717, 1.165) is 6.42 Å². The summed E-state index contributed by atoms with van der Waals surface area (Å²) in [7, 11) is 9.65. The molecule has 1 aromatic carbocycles. The molecule has 0 spiro atoms. The summed E-state index contributed by atoms with van der Waals surface area (Å²) in [4.78, 5) is 4.47. The molecule has 1 nitrogen and oxygen atoms in total. The molecule has 1 aromatic heterocycles. The summed E-state index contributed by atoms with van der Waals surface area (Å²) < 4.78 is 0. The molecule has 23 heavy (non-hydrogen) atoms. The molecular formula is C19H22Cl2CrN. The van der Waals surface area contributed by atoms with E-state index in [2.05, 4.69) is 67.4 Å². The molecule has 123 valence electrons. The fourth-order valence-corrected chi connectivity index (χ4v) is 3.01. The van der Waals surface area contributed by atoms with Gasteiger partial charge in [-0.05, 0) is 35.1 Å². The summed E-state index contributed by atoms with van der Waals surface area (Å²) in [6.07, 6.45) is 7.47. The zero-order valence-electron chi connectivity index (χ0n) is 13.7. The van der Waals surface area contributed by atoms with E-state index in [1.807, 2.05) is 12.3 Å². The quantitative estimate of drug-likeness (QED) is 0.564. The molecule has 2 aromatic rings. The topological polar surface area (TPSA) is 12.9 Å². The van der Waals surface area contributed by atoms with Crippen LogP contribution in [0.4, 0.5) is 0 Å². The van der Waals surface area contributed by atoms with Gasteiger partial charge in [0.15, 0.2) is 0 Å². The second-order valence-electron chi connectivity index (χ2n) is 6.01. The van der Waals surface area contributed by atoms with Gasteiger partial charge >= 0.3 is 33.5 Å². The van der Waals surface area contributed by atoms with Gasteiger partial charge in [0.25, 0.3) is 0 Å². The Hall–Kier alpha value is -0.778. The van der Waals surface area contributed by atoms with Crippen LogP contribution in [-0.2, 0) is 19.8 Å². The van der Waals surface area contributed by atoms with Crippen LogP contribution in [0.15, 0.2) is 54.7 Å². The molecule has 0 N–H and O–H groups in total. The van der Waals surface area contributed by atoms with Crippen LogP contribution in [0.25, 0.3) is 6.08 Å². The standard InChI is InChI=1S/C18H19N.CH3.2ClH.Cr/c1-18(2,13-15-8-5-6-12-19-15)17-11-10-14-7-3-4-9-16(14)17;;;;/h3-12,17H,13H2,1-2H3;1H3;2*1H;/q;-1;;;+3/p-2. The third kappa shape index (κ3) is 5.37. The third-order valence-electron chi connectivity index (χ3n) is 4.00. The van der Waals surface area contributed by atoms with E-state index < -0.39 is 0 Å². The van der Waals surface area contributed by atoms with Crippen molar-refractivity contribution in [2.45, 2.75) is 26.2 Å². The van der Waals surface area contributed by atoms with Gasteiger partial charge in [-0.1, -0.05) is 56.3 Å². The van der Waals surface area contributed by atoms with E-state index in [1.54, 1.807) is 0 Å². The number of fused-ring (bicyclic) bond motifs is 1. The molecule has 1 aliphatic rings. The second-order valence-corrected chi connectivity index (χ2v) is 8.12. The first-order chi connectivity index (χ1) is 10.6. The van der Waals surface area contributed by atoms with Crippen molar-refractivity contribution < 1.29 is 13.4 Å². The van der Waals surface area contributed by atoms with E-state index in [0.29, 0.717) is 5.92 Å². The summed E-state index contributed by atoms with van der Waals surface area (Å²) in [5.41, 5.74) is 4.16. The van der Waals surface area contributed by atoms with Crippen molar-refractivity contribution in [2.24, 2.45) is 5.41 Å². The molecule has 3 rings (SSSR count). The zero-order chi connectivity index (χ0) is 16.0. The number of hydrogen-bond acceptors (Lipinski definition) is 1. The number of hydrogen-bond donors (Lipinski definition) is 0. The Kier molecular flexibility index (Phi) is 8.37. The van der Waals surface area contributed by atoms with Crippen molar-refractivity contribution in [3.63, 3.8) is 0 Å². The van der Waals surface area contributed by atoms with Crippen LogP contribution >= 0.6 is 20.1 Å². The molecule has 0 saturated heterocycles. The third-order valence-corrected chi connectivity index (χ3v) is 4.00. The van der Waals surface area contributed by atoms with Crippen molar-refractivity contribution in [1.29, 1.82) is 0 Å². The molecular weight excluding hydrogens is 365 g/mol. The number of nitrogens with zero attached hydrogens (tertiary/aromatic N) is 1. The van der Waals surface area contributed by atoms with Crippen molar-refractivity contribution in [1.82, 2.24) is 4.98 Å². The summed E-state index contributed by atoms with van der Waals surface area (Å²) in [5, 5.41) is 0. The minimum absolute atomic E-state index is 0. The van der Waals surface area contributed by atoms with Gasteiger partial charge in [0.05, 0.1) is 0 Å². The van der Waals surface area contributed by atoms with Gasteiger partial charge in [0.1, 0.15) is 0 Å². The number of aromatic nitrogens is 1. The van der Waals surface area contributed by atoms with E-state index >= 15 is 0 Å². The number of rotatable bonds is 3. The second kappa shape index (κ2) is 9.50. The van der Waals surface area contributed by atoms with Crippen molar-refractivity contribution in [3.8, 4) is 0 Å². The number of allylic oxidation sites excluding steroid dienone is 1. The molecule has 0 aliphatic heterocycles. The van der Waals surface area contributed by atoms with Crippen LogP contribution in [0, 0.1) is 12.8 Å². The van der Waals surface area contributed by atoms with Crippen molar-refractivity contribution >= 4 is 26.2 Å². The Bertz CT molecular complexity index is 626. The van der Waals surface area contributed by atoms with Crippen LogP contribution in [0.3, 0.4) is 0 Å². The van der Waals surface area contributed by atoms with Gasteiger partial charge in [0, 0.05) is 17.8 Å². The molecule has 4 heteroatoms. The molecule has 0 amide bonds. The monoisotopic (exact) mass is 386 g/mol. The number of benzene rings is 1. The SMILES string of the molecule is CC(C)(Cc1ccccn1)C1C=Cc2ccccc21.[CH3-].[Cl][Cr+][Cl]. The first-order valence-corrected chi connectivity index (χ1v) is 10.7. The maximum absolute atomic E-state index is 4.83. The summed E-state index contributed by atoms with van der Waals surface area (Å²) in [6, 6.07) is 14.8. The van der Waals surface area contributed by atoms with Crippen LogP contribution in [0.1, 0.15) is 36.6 Å². The Labute approximate surface area is 154 Å². The molecule has 0 radical (unpaired) electrons. The average Bonchev–Trinajstić information content (AvgIpc) is 2.93. The van der Waals surface area contributed by atoms with Gasteiger partial charge in [-0.2, -0.15) is 0 Å². The Morgan fingerprint density at radius 2 is 1.74 bits per heavy atom. The first kappa shape index (κ1) is 20.3. The molecule has 1 unspecified atom stereocenters. The fourth-order valence-electron chi connectivity index (χ4n) is 3.01. The molecule has 0 bridgehead atoms. The van der Waals surface area contributed by atoms with Gasteiger partial charge in [0.2, 0.25) is 0 Å². The van der Waals surface area contributed by atoms with Gasteiger partial charge in [-0.15, -0.1) is 0 Å². The van der Waals surface area contributed by atoms with Crippen molar-refractivity contribution in [3.05, 3.63) is 79.0 Å². The average molecular weight is 387 g/mol. The normalized spacial score (nSPS) is 15.0. The Morgan fingerprint density at radius 3 is 2.39 bits per heavy atom. The van der Waals surface area contributed by atoms with Gasteiger partial charge in [-0.3, -0.25) is 4.98 Å². The number of halogens is 2. The predicted octanol–water partition coefficient (Wildman–Crippen LogP) is 6.29. The Morgan fingerprint density at radius 1 is 1.09 bits per heavy atom. The van der Waals surface area contributed by atoms with Gasteiger partial charge < -0.3 is 7.43 Å². The summed E-state index contributed by atoms with van der Waals surface area (Å²) in [5.74, 6) is 0.478. The zero-order valence-corrected chi connectivity index (χ0v) is 16.5. The van der Waals surface area contributed by atoms with E-state index in [1.165, 1.54) is 16.8 Å². The van der Waals surface area contributed by atoms with Crippen LogP contribution in [-0.4, -0.2) is 4.98 Å². The number of pyridine rings is 1. The van der Waals surface area contributed by atoms with Crippen LogP contribution in [0.5, 0.6) is 0 Å². The van der Waals surface area contributed by atoms with E-state index in [4.69, 9.17) is 20.1 Å². The molecule has 0 saturated carbocycles. The van der Waals surface area contributed by atoms with Crippen LogP contribution in [0.2, 0.25) is 0 Å². The van der Waals surface area contributed by atoms with Gasteiger partial charge in [-0.25, -0.2) is 0 Å². The summed E-state index contributed by atoms with van der Waals surface area (Å²) >= 11 is -0.181. The minimum atomic E-state index is -0.181. The van der Waals surface area contributed by atoms with E-state index in [9.17, 15) is 0 Å². The van der Waals surface area contributed by atoms with Crippen LogP contribution < -0.4 is 0 Å².